The predicted octanol–water partition coefficient (Wildman–Crippen LogP) is 2.25. The van der Waals surface area contributed by atoms with Crippen molar-refractivity contribution in [2.45, 2.75) is 0 Å². The molecule has 7 nitrogen and oxygen atoms in total. The van der Waals surface area contributed by atoms with Gasteiger partial charge in [0.1, 0.15) is 11.2 Å². The molecule has 0 bridgehead atoms. The summed E-state index contributed by atoms with van der Waals surface area (Å²) < 4.78 is 4.75. The zero-order chi connectivity index (χ0) is 13.8. The van der Waals surface area contributed by atoms with Crippen molar-refractivity contribution in [1.82, 2.24) is 0 Å². The lowest BCUT2D eigenvalue weighted by Crippen LogP contribution is -2.10. The summed E-state index contributed by atoms with van der Waals surface area (Å²) >= 11 is 0. The summed E-state index contributed by atoms with van der Waals surface area (Å²) in [5, 5.41) is 12.9. The Bertz CT molecular complexity index is 647. The quantitative estimate of drug-likeness (QED) is 0.516. The van der Waals surface area contributed by atoms with Gasteiger partial charge in [0, 0.05) is 11.3 Å². The number of hydrogen-bond acceptors (Lipinski definition) is 5. The van der Waals surface area contributed by atoms with E-state index < -0.39 is 16.7 Å². The molecule has 0 radical (unpaired) electrons. The van der Waals surface area contributed by atoms with Crippen LogP contribution in [-0.4, -0.2) is 17.1 Å². The van der Waals surface area contributed by atoms with E-state index in [2.05, 4.69) is 5.32 Å². The van der Waals surface area contributed by atoms with Crippen molar-refractivity contribution in [2.24, 2.45) is 0 Å². The normalized spacial score (nSPS) is 9.89. The van der Waals surface area contributed by atoms with Gasteiger partial charge < -0.3 is 9.73 Å². The van der Waals surface area contributed by atoms with Gasteiger partial charge in [-0.05, 0) is 18.2 Å². The average molecular weight is 260 g/mol. The van der Waals surface area contributed by atoms with Crippen molar-refractivity contribution in [2.75, 3.05) is 5.32 Å². The monoisotopic (exact) mass is 260 g/mol. The molecule has 1 amide bonds. The Morgan fingerprint density at radius 2 is 2.11 bits per heavy atom. The number of hydrogen-bond donors (Lipinski definition) is 1. The van der Waals surface area contributed by atoms with E-state index in [9.17, 15) is 19.7 Å². The van der Waals surface area contributed by atoms with Gasteiger partial charge in [0.25, 0.3) is 5.91 Å². The first-order valence-electron chi connectivity index (χ1n) is 5.21. The third kappa shape index (κ3) is 2.83. The van der Waals surface area contributed by atoms with Crippen LogP contribution in [0.4, 0.5) is 11.6 Å². The number of amides is 1. The number of nitrogens with one attached hydrogen (secondary N) is 1. The van der Waals surface area contributed by atoms with Gasteiger partial charge in [0.2, 0.25) is 0 Å². The molecule has 0 aliphatic rings. The minimum Gasteiger partial charge on any atom is -0.395 e. The van der Waals surface area contributed by atoms with E-state index in [-0.39, 0.29) is 5.76 Å². The van der Waals surface area contributed by atoms with Crippen molar-refractivity contribution in [3.05, 3.63) is 57.8 Å². The number of anilines is 1. The number of aldehydes is 1. The molecule has 1 N–H and O–H groups in total. The molecule has 0 saturated heterocycles. The second-order valence-corrected chi connectivity index (χ2v) is 3.59. The molecule has 19 heavy (non-hydrogen) atoms. The van der Waals surface area contributed by atoms with Gasteiger partial charge in [-0.2, -0.15) is 0 Å². The van der Waals surface area contributed by atoms with E-state index in [1.807, 2.05) is 0 Å². The molecule has 0 aliphatic heterocycles. The summed E-state index contributed by atoms with van der Waals surface area (Å²) in [4.78, 5) is 32.0. The molecular formula is C12H8N2O5. The maximum atomic E-state index is 11.7. The molecule has 2 aromatic rings. The third-order valence-electron chi connectivity index (χ3n) is 2.28. The highest BCUT2D eigenvalue weighted by molar-refractivity contribution is 6.02. The number of rotatable bonds is 4. The lowest BCUT2D eigenvalue weighted by Gasteiger charge is -2.02. The maximum Gasteiger partial charge on any atom is 0.433 e. The first-order valence-corrected chi connectivity index (χ1v) is 5.21. The van der Waals surface area contributed by atoms with Gasteiger partial charge in [-0.15, -0.1) is 0 Å². The van der Waals surface area contributed by atoms with Gasteiger partial charge in [0.15, 0.2) is 5.76 Å². The molecule has 1 heterocycles. The summed E-state index contributed by atoms with van der Waals surface area (Å²) in [6, 6.07) is 8.54. The van der Waals surface area contributed by atoms with Gasteiger partial charge in [0.05, 0.1) is 6.07 Å². The first-order chi connectivity index (χ1) is 9.10. The van der Waals surface area contributed by atoms with E-state index in [1.54, 1.807) is 18.2 Å². The average Bonchev–Trinajstić information content (AvgIpc) is 2.89. The number of furan rings is 1. The molecule has 0 saturated carbocycles. The number of benzene rings is 1. The highest BCUT2D eigenvalue weighted by atomic mass is 16.6. The summed E-state index contributed by atoms with van der Waals surface area (Å²) in [7, 11) is 0. The number of nitro groups is 1. The van der Waals surface area contributed by atoms with Gasteiger partial charge in [-0.1, -0.05) is 12.1 Å². The zero-order valence-electron chi connectivity index (χ0n) is 9.53. The van der Waals surface area contributed by atoms with E-state index in [0.717, 1.165) is 6.07 Å². The lowest BCUT2D eigenvalue weighted by atomic mass is 10.2. The summed E-state index contributed by atoms with van der Waals surface area (Å²) in [5.41, 5.74) is 0.803. The van der Waals surface area contributed by atoms with E-state index >= 15 is 0 Å². The fourth-order valence-corrected chi connectivity index (χ4v) is 1.43. The molecule has 0 spiro atoms. The number of carbonyl (C=O) groups is 2. The Morgan fingerprint density at radius 1 is 1.32 bits per heavy atom. The van der Waals surface area contributed by atoms with Crippen molar-refractivity contribution in [3.8, 4) is 0 Å². The summed E-state index contributed by atoms with van der Waals surface area (Å²) in [5.74, 6) is -1.31. The lowest BCUT2D eigenvalue weighted by molar-refractivity contribution is -0.402. The number of nitrogens with zero attached hydrogens (tertiary/aromatic N) is 1. The van der Waals surface area contributed by atoms with E-state index in [0.29, 0.717) is 17.5 Å². The fourth-order valence-electron chi connectivity index (χ4n) is 1.43. The predicted molar refractivity (Wildman–Crippen MR) is 65.1 cm³/mol. The highest BCUT2D eigenvalue weighted by Gasteiger charge is 2.17. The molecule has 96 valence electrons. The van der Waals surface area contributed by atoms with E-state index in [4.69, 9.17) is 4.42 Å². The fraction of sp³-hybridized carbons (Fsp3) is 0. The van der Waals surface area contributed by atoms with Crippen LogP contribution in [0.25, 0.3) is 0 Å². The van der Waals surface area contributed by atoms with Crippen LogP contribution in [0.15, 0.2) is 40.8 Å². The summed E-state index contributed by atoms with van der Waals surface area (Å²) in [6.45, 7) is 0. The third-order valence-corrected chi connectivity index (χ3v) is 2.28. The molecule has 7 heteroatoms. The van der Waals surface area contributed by atoms with Crippen molar-refractivity contribution in [3.63, 3.8) is 0 Å². The molecular weight excluding hydrogens is 252 g/mol. The molecule has 1 aromatic carbocycles. The molecule has 0 atom stereocenters. The van der Waals surface area contributed by atoms with Crippen LogP contribution >= 0.6 is 0 Å². The van der Waals surface area contributed by atoms with Crippen molar-refractivity contribution < 1.29 is 18.9 Å². The molecule has 0 aliphatic carbocycles. The van der Waals surface area contributed by atoms with Crippen LogP contribution in [-0.2, 0) is 0 Å². The smallest absolute Gasteiger partial charge is 0.395 e. The van der Waals surface area contributed by atoms with Crippen LogP contribution in [0.5, 0.6) is 0 Å². The Kier molecular flexibility index (Phi) is 3.37. The van der Waals surface area contributed by atoms with Crippen LogP contribution in [0.2, 0.25) is 0 Å². The second-order valence-electron chi connectivity index (χ2n) is 3.59. The number of carbonyl (C=O) groups excluding carboxylic acids is 2. The SMILES string of the molecule is O=Cc1cccc(NC(=O)c2ccc([N+](=O)[O-])o2)c1. The Labute approximate surface area is 107 Å². The topological polar surface area (TPSA) is 102 Å². The Morgan fingerprint density at radius 3 is 2.74 bits per heavy atom. The van der Waals surface area contributed by atoms with Gasteiger partial charge in [-0.25, -0.2) is 0 Å². The highest BCUT2D eigenvalue weighted by Crippen LogP contribution is 2.17. The largest absolute Gasteiger partial charge is 0.433 e. The van der Waals surface area contributed by atoms with Crippen LogP contribution in [0.1, 0.15) is 20.9 Å². The Balaban J connectivity index is 2.15. The minimum absolute atomic E-state index is 0.178. The summed E-state index contributed by atoms with van der Waals surface area (Å²) in [6.07, 6.45) is 0.646. The Hall–Kier alpha value is -2.96. The van der Waals surface area contributed by atoms with Crippen LogP contribution in [0.3, 0.4) is 0 Å². The van der Waals surface area contributed by atoms with Crippen LogP contribution < -0.4 is 5.32 Å². The van der Waals surface area contributed by atoms with Crippen molar-refractivity contribution in [1.29, 1.82) is 0 Å². The second kappa shape index (κ2) is 5.13. The van der Waals surface area contributed by atoms with Crippen molar-refractivity contribution >= 4 is 23.8 Å². The zero-order valence-corrected chi connectivity index (χ0v) is 9.53. The molecule has 0 fully saturated rings. The first kappa shape index (κ1) is 12.5. The van der Waals surface area contributed by atoms with Gasteiger partial charge in [-0.3, -0.25) is 19.7 Å². The minimum atomic E-state index is -0.732. The van der Waals surface area contributed by atoms with E-state index in [1.165, 1.54) is 12.1 Å². The standard InChI is InChI=1S/C12H8N2O5/c15-7-8-2-1-3-9(6-8)13-12(16)10-4-5-11(19-10)14(17)18/h1-7H,(H,13,16). The van der Waals surface area contributed by atoms with Gasteiger partial charge >= 0.3 is 5.88 Å². The molecule has 1 aromatic heterocycles. The maximum absolute atomic E-state index is 11.7. The molecule has 0 unspecified atom stereocenters. The van der Waals surface area contributed by atoms with Crippen LogP contribution in [0, 0.1) is 10.1 Å². The molecule has 2 rings (SSSR count).